The van der Waals surface area contributed by atoms with Crippen molar-refractivity contribution in [1.29, 1.82) is 0 Å². The zero-order valence-electron chi connectivity index (χ0n) is 12.8. The van der Waals surface area contributed by atoms with Crippen molar-refractivity contribution in [2.24, 2.45) is 0 Å². The number of amides is 1. The Morgan fingerprint density at radius 2 is 1.72 bits per heavy atom. The molecule has 0 unspecified atom stereocenters. The number of nitrogens with one attached hydrogen (secondary N) is 1. The van der Waals surface area contributed by atoms with Crippen molar-refractivity contribution < 1.29 is 26.4 Å². The van der Waals surface area contributed by atoms with E-state index in [4.69, 9.17) is 11.6 Å². The number of halogens is 4. The van der Waals surface area contributed by atoms with Crippen molar-refractivity contribution >= 4 is 38.9 Å². The van der Waals surface area contributed by atoms with Gasteiger partial charge < -0.3 is 5.32 Å². The molecule has 0 aliphatic rings. The van der Waals surface area contributed by atoms with Gasteiger partial charge in [0.1, 0.15) is 12.4 Å². The Morgan fingerprint density at radius 1 is 1.08 bits per heavy atom. The first-order valence-electron chi connectivity index (χ1n) is 6.75. The molecule has 2 rings (SSSR count). The number of carbonyl (C=O) groups is 1. The molecule has 0 bridgehead atoms. The van der Waals surface area contributed by atoms with Gasteiger partial charge in [-0.1, -0.05) is 11.6 Å². The van der Waals surface area contributed by atoms with E-state index < -0.39 is 39.9 Å². The molecule has 0 saturated heterocycles. The first-order chi connectivity index (χ1) is 11.6. The summed E-state index contributed by atoms with van der Waals surface area (Å²) >= 11 is 5.59. The van der Waals surface area contributed by atoms with E-state index in [0.717, 1.165) is 30.5 Å². The normalized spacial score (nSPS) is 11.2. The average Bonchev–Trinajstić information content (AvgIpc) is 2.50. The van der Waals surface area contributed by atoms with Gasteiger partial charge in [-0.25, -0.2) is 21.6 Å². The van der Waals surface area contributed by atoms with Crippen LogP contribution in [0.1, 0.15) is 0 Å². The third-order valence-electron chi connectivity index (χ3n) is 3.08. The van der Waals surface area contributed by atoms with Crippen LogP contribution in [0.5, 0.6) is 0 Å². The summed E-state index contributed by atoms with van der Waals surface area (Å²) in [4.78, 5) is 12.1. The Morgan fingerprint density at radius 3 is 2.28 bits per heavy atom. The van der Waals surface area contributed by atoms with Crippen LogP contribution < -0.4 is 9.62 Å². The first kappa shape index (κ1) is 19.1. The number of hydrogen-bond acceptors (Lipinski definition) is 3. The quantitative estimate of drug-likeness (QED) is 0.850. The summed E-state index contributed by atoms with van der Waals surface area (Å²) in [6, 6.07) is 5.86. The Hall–Kier alpha value is -2.26. The lowest BCUT2D eigenvalue weighted by atomic mass is 10.3. The summed E-state index contributed by atoms with van der Waals surface area (Å²) in [5, 5.41) is 2.12. The second kappa shape index (κ2) is 7.32. The smallest absolute Gasteiger partial charge is 0.245 e. The zero-order valence-corrected chi connectivity index (χ0v) is 14.3. The first-order valence-corrected chi connectivity index (χ1v) is 8.98. The monoisotopic (exact) mass is 392 g/mol. The van der Waals surface area contributed by atoms with E-state index in [1.165, 1.54) is 6.07 Å². The maximum Gasteiger partial charge on any atom is 0.245 e. The Kier molecular flexibility index (Phi) is 5.58. The van der Waals surface area contributed by atoms with E-state index in [9.17, 15) is 26.4 Å². The number of benzene rings is 2. The molecule has 134 valence electrons. The second-order valence-electron chi connectivity index (χ2n) is 5.05. The van der Waals surface area contributed by atoms with Crippen molar-refractivity contribution in [3.05, 3.63) is 58.9 Å². The predicted octanol–water partition coefficient (Wildman–Crippen LogP) is 3.16. The van der Waals surface area contributed by atoms with Gasteiger partial charge in [0.2, 0.25) is 15.9 Å². The summed E-state index contributed by atoms with van der Waals surface area (Å²) in [6.07, 6.45) is 0.816. The van der Waals surface area contributed by atoms with Gasteiger partial charge in [-0.05, 0) is 30.3 Å². The molecule has 0 heterocycles. The van der Waals surface area contributed by atoms with Gasteiger partial charge in [0.05, 0.1) is 17.0 Å². The number of rotatable bonds is 5. The summed E-state index contributed by atoms with van der Waals surface area (Å²) < 4.78 is 63.8. The highest BCUT2D eigenvalue weighted by Gasteiger charge is 2.22. The second-order valence-corrected chi connectivity index (χ2v) is 7.36. The molecule has 5 nitrogen and oxygen atoms in total. The van der Waals surface area contributed by atoms with Gasteiger partial charge in [-0.15, -0.1) is 0 Å². The van der Waals surface area contributed by atoms with Crippen LogP contribution in [0.25, 0.3) is 0 Å². The lowest BCUT2D eigenvalue weighted by Crippen LogP contribution is -2.37. The van der Waals surface area contributed by atoms with E-state index in [1.807, 2.05) is 0 Å². The number of hydrogen-bond donors (Lipinski definition) is 1. The Bertz CT molecular complexity index is 922. The van der Waals surface area contributed by atoms with Gasteiger partial charge in [0.15, 0.2) is 11.6 Å². The molecule has 0 aromatic heterocycles. The van der Waals surface area contributed by atoms with Crippen LogP contribution >= 0.6 is 11.6 Å². The average molecular weight is 393 g/mol. The Labute approximate surface area is 147 Å². The van der Waals surface area contributed by atoms with Gasteiger partial charge in [0.25, 0.3) is 0 Å². The minimum atomic E-state index is -3.95. The molecule has 2 aromatic carbocycles. The topological polar surface area (TPSA) is 66.5 Å². The third-order valence-corrected chi connectivity index (χ3v) is 4.51. The van der Waals surface area contributed by atoms with Gasteiger partial charge in [-0.2, -0.15) is 0 Å². The van der Waals surface area contributed by atoms with Crippen molar-refractivity contribution in [3.8, 4) is 0 Å². The van der Waals surface area contributed by atoms with Crippen molar-refractivity contribution in [2.75, 3.05) is 22.4 Å². The van der Waals surface area contributed by atoms with Gasteiger partial charge in [0, 0.05) is 11.8 Å². The third kappa shape index (κ3) is 4.86. The van der Waals surface area contributed by atoms with Crippen molar-refractivity contribution in [1.82, 2.24) is 0 Å². The molecule has 1 amide bonds. The van der Waals surface area contributed by atoms with Crippen LogP contribution in [0, 0.1) is 17.5 Å². The maximum absolute atomic E-state index is 13.3. The summed E-state index contributed by atoms with van der Waals surface area (Å²) in [5.41, 5.74) is -0.0659. The number of sulfonamides is 1. The summed E-state index contributed by atoms with van der Waals surface area (Å²) in [5.74, 6) is -3.86. The Balaban J connectivity index is 2.23. The van der Waals surface area contributed by atoms with Crippen LogP contribution in [0.4, 0.5) is 24.5 Å². The largest absolute Gasteiger partial charge is 0.324 e. The minimum absolute atomic E-state index is 0.148. The van der Waals surface area contributed by atoms with Crippen molar-refractivity contribution in [2.45, 2.75) is 0 Å². The molecular weight excluding hydrogens is 381 g/mol. The molecule has 10 heteroatoms. The van der Waals surface area contributed by atoms with Crippen LogP contribution in [-0.2, 0) is 14.8 Å². The number of carbonyl (C=O) groups excluding carboxylic acids is 1. The predicted molar refractivity (Wildman–Crippen MR) is 88.6 cm³/mol. The van der Waals surface area contributed by atoms with E-state index in [0.29, 0.717) is 10.4 Å². The molecule has 0 aliphatic heterocycles. The summed E-state index contributed by atoms with van der Waals surface area (Å²) in [6.45, 7) is -0.696. The lowest BCUT2D eigenvalue weighted by molar-refractivity contribution is -0.114. The minimum Gasteiger partial charge on any atom is -0.324 e. The van der Waals surface area contributed by atoms with E-state index >= 15 is 0 Å². The number of anilines is 2. The van der Waals surface area contributed by atoms with Crippen LogP contribution in [0.2, 0.25) is 5.02 Å². The fraction of sp³-hybridized carbons (Fsp3) is 0.133. The molecule has 2 aromatic rings. The number of nitrogens with zero attached hydrogens (tertiary/aromatic N) is 1. The van der Waals surface area contributed by atoms with Gasteiger partial charge in [-0.3, -0.25) is 9.10 Å². The molecule has 25 heavy (non-hydrogen) atoms. The highest BCUT2D eigenvalue weighted by Crippen LogP contribution is 2.22. The fourth-order valence-corrected chi connectivity index (χ4v) is 2.97. The molecule has 0 spiro atoms. The highest BCUT2D eigenvalue weighted by atomic mass is 35.5. The highest BCUT2D eigenvalue weighted by molar-refractivity contribution is 7.92. The maximum atomic E-state index is 13.3. The molecular formula is C15H12ClF3N2O3S. The molecule has 0 radical (unpaired) electrons. The van der Waals surface area contributed by atoms with Gasteiger partial charge >= 0.3 is 0 Å². The molecule has 0 saturated carbocycles. The van der Waals surface area contributed by atoms with E-state index in [-0.39, 0.29) is 16.4 Å². The van der Waals surface area contributed by atoms with Crippen LogP contribution in [0.15, 0.2) is 36.4 Å². The molecule has 0 aliphatic carbocycles. The van der Waals surface area contributed by atoms with Crippen molar-refractivity contribution in [3.63, 3.8) is 0 Å². The van der Waals surface area contributed by atoms with E-state index in [2.05, 4.69) is 5.32 Å². The molecule has 0 atom stereocenters. The standard InChI is InChI=1S/C15H12ClF3N2O3S/c1-25(23,24)21(10-3-5-13(18)14(19)7-10)8-15(22)20-9-2-4-12(17)11(16)6-9/h2-7H,8H2,1H3,(H,20,22). The van der Waals surface area contributed by atoms with E-state index in [1.54, 1.807) is 0 Å². The van der Waals surface area contributed by atoms with Crippen LogP contribution in [0.3, 0.4) is 0 Å². The fourth-order valence-electron chi connectivity index (χ4n) is 1.95. The molecule has 0 fully saturated rings. The zero-order chi connectivity index (χ0) is 18.8. The summed E-state index contributed by atoms with van der Waals surface area (Å²) in [7, 11) is -3.95. The van der Waals surface area contributed by atoms with Crippen LogP contribution in [-0.4, -0.2) is 27.1 Å². The SMILES string of the molecule is CS(=O)(=O)N(CC(=O)Nc1ccc(F)c(Cl)c1)c1ccc(F)c(F)c1. The lowest BCUT2D eigenvalue weighted by Gasteiger charge is -2.22. The molecule has 1 N–H and O–H groups in total.